The molecule has 52 valence electrons. The van der Waals surface area contributed by atoms with Crippen LogP contribution in [0.15, 0.2) is 0 Å². The highest BCUT2D eigenvalue weighted by Crippen LogP contribution is 2.25. The zero-order chi connectivity index (χ0) is 6.10. The van der Waals surface area contributed by atoms with Gasteiger partial charge in [0.2, 0.25) is 0 Å². The second kappa shape index (κ2) is 2.48. The highest BCUT2D eigenvalue weighted by atomic mass is 32.2. The molecule has 0 saturated carbocycles. The molecule has 0 bridgehead atoms. The van der Waals surface area contributed by atoms with E-state index in [9.17, 15) is 0 Å². The maximum absolute atomic E-state index is 3.50. The minimum Gasteiger partial charge on any atom is -0.310 e. The van der Waals surface area contributed by atoms with Gasteiger partial charge in [-0.1, -0.05) is 0 Å². The average Bonchev–Trinajstić information content (AvgIpc) is 2.33. The van der Waals surface area contributed by atoms with Crippen LogP contribution in [-0.2, 0) is 0 Å². The van der Waals surface area contributed by atoms with Gasteiger partial charge in [-0.2, -0.15) is 0 Å². The summed E-state index contributed by atoms with van der Waals surface area (Å²) in [7, 11) is 0. The summed E-state index contributed by atoms with van der Waals surface area (Å²) in [5.41, 5.74) is 0. The van der Waals surface area contributed by atoms with Crippen molar-refractivity contribution in [2.75, 3.05) is 18.8 Å². The van der Waals surface area contributed by atoms with E-state index < -0.39 is 0 Å². The van der Waals surface area contributed by atoms with Crippen LogP contribution in [0.4, 0.5) is 0 Å². The van der Waals surface area contributed by atoms with Gasteiger partial charge in [0.05, 0.1) is 5.37 Å². The molecular formula is C6H12N2S. The van der Waals surface area contributed by atoms with Crippen molar-refractivity contribution in [3.63, 3.8) is 0 Å². The lowest BCUT2D eigenvalue weighted by molar-refractivity contribution is 0.401. The molecule has 2 unspecified atom stereocenters. The minimum absolute atomic E-state index is 0.721. The average molecular weight is 144 g/mol. The Kier molecular flexibility index (Phi) is 1.66. The monoisotopic (exact) mass is 144 g/mol. The van der Waals surface area contributed by atoms with Crippen LogP contribution < -0.4 is 10.6 Å². The fourth-order valence-electron chi connectivity index (χ4n) is 1.47. The van der Waals surface area contributed by atoms with Crippen molar-refractivity contribution >= 4 is 11.8 Å². The van der Waals surface area contributed by atoms with Gasteiger partial charge in [-0.15, -0.1) is 11.8 Å². The topological polar surface area (TPSA) is 24.1 Å². The van der Waals surface area contributed by atoms with Crippen molar-refractivity contribution in [2.45, 2.75) is 17.8 Å². The van der Waals surface area contributed by atoms with Gasteiger partial charge in [0.15, 0.2) is 0 Å². The molecule has 2 aliphatic heterocycles. The highest BCUT2D eigenvalue weighted by Gasteiger charge is 2.28. The van der Waals surface area contributed by atoms with E-state index in [0.717, 1.165) is 24.5 Å². The lowest BCUT2D eigenvalue weighted by atomic mass is 10.2. The summed E-state index contributed by atoms with van der Waals surface area (Å²) in [5.74, 6) is 1.33. The van der Waals surface area contributed by atoms with Gasteiger partial charge in [-0.3, -0.25) is 0 Å². The summed E-state index contributed by atoms with van der Waals surface area (Å²) in [5, 5.41) is 7.70. The van der Waals surface area contributed by atoms with Gasteiger partial charge in [0.25, 0.3) is 0 Å². The standard InChI is InChI=1S/C6H12N2S/c1-4-9-6-5(1)7-2-3-8-6/h5-8H,1-4H2. The maximum atomic E-state index is 3.50. The van der Waals surface area contributed by atoms with Gasteiger partial charge < -0.3 is 10.6 Å². The molecule has 2 fully saturated rings. The normalized spacial score (nSPS) is 42.7. The van der Waals surface area contributed by atoms with E-state index in [4.69, 9.17) is 0 Å². The predicted molar refractivity (Wildman–Crippen MR) is 40.7 cm³/mol. The van der Waals surface area contributed by atoms with E-state index in [1.807, 2.05) is 0 Å². The quantitative estimate of drug-likeness (QED) is 0.501. The first kappa shape index (κ1) is 6.01. The summed E-state index contributed by atoms with van der Waals surface area (Å²) >= 11 is 2.05. The van der Waals surface area contributed by atoms with Crippen LogP contribution in [0.5, 0.6) is 0 Å². The summed E-state index contributed by atoms with van der Waals surface area (Å²) < 4.78 is 0. The second-order valence-corrected chi connectivity index (χ2v) is 3.84. The van der Waals surface area contributed by atoms with Crippen molar-refractivity contribution in [3.8, 4) is 0 Å². The minimum atomic E-state index is 0.721. The number of fused-ring (bicyclic) bond motifs is 1. The van der Waals surface area contributed by atoms with Crippen LogP contribution in [0.1, 0.15) is 6.42 Å². The number of piperazine rings is 1. The molecule has 2 N–H and O–H groups in total. The molecule has 2 heterocycles. The van der Waals surface area contributed by atoms with E-state index >= 15 is 0 Å². The SMILES string of the molecule is C1CNC2SCCC2N1. The summed E-state index contributed by atoms with van der Waals surface area (Å²) in [6.45, 7) is 2.30. The Morgan fingerprint density at radius 1 is 1.22 bits per heavy atom. The van der Waals surface area contributed by atoms with E-state index in [1.54, 1.807) is 0 Å². The number of rotatable bonds is 0. The van der Waals surface area contributed by atoms with Gasteiger partial charge in [-0.05, 0) is 12.2 Å². The van der Waals surface area contributed by atoms with E-state index in [2.05, 4.69) is 22.4 Å². The van der Waals surface area contributed by atoms with Crippen LogP contribution >= 0.6 is 11.8 Å². The van der Waals surface area contributed by atoms with E-state index in [-0.39, 0.29) is 0 Å². The van der Waals surface area contributed by atoms with E-state index in [1.165, 1.54) is 12.2 Å². The molecule has 2 atom stereocenters. The van der Waals surface area contributed by atoms with Crippen molar-refractivity contribution in [3.05, 3.63) is 0 Å². The molecule has 2 aliphatic rings. The van der Waals surface area contributed by atoms with Gasteiger partial charge in [-0.25, -0.2) is 0 Å². The summed E-state index contributed by atoms with van der Waals surface area (Å²) in [6.07, 6.45) is 1.35. The third-order valence-electron chi connectivity index (χ3n) is 1.97. The first-order valence-electron chi connectivity index (χ1n) is 3.55. The van der Waals surface area contributed by atoms with E-state index in [0.29, 0.717) is 0 Å². The third-order valence-corrected chi connectivity index (χ3v) is 3.29. The van der Waals surface area contributed by atoms with Crippen molar-refractivity contribution in [1.29, 1.82) is 0 Å². The van der Waals surface area contributed by atoms with Gasteiger partial charge in [0, 0.05) is 19.1 Å². The number of hydrogen-bond donors (Lipinski definition) is 2. The Morgan fingerprint density at radius 2 is 2.11 bits per heavy atom. The van der Waals surface area contributed by atoms with Crippen LogP contribution in [0.2, 0.25) is 0 Å². The second-order valence-electron chi connectivity index (χ2n) is 2.59. The smallest absolute Gasteiger partial charge is 0.0688 e. The molecule has 0 spiro atoms. The number of thioether (sulfide) groups is 1. The van der Waals surface area contributed by atoms with Crippen LogP contribution in [0.3, 0.4) is 0 Å². The van der Waals surface area contributed by atoms with Crippen molar-refractivity contribution in [1.82, 2.24) is 10.6 Å². The molecule has 2 nitrogen and oxygen atoms in total. The predicted octanol–water partition coefficient (Wildman–Crippen LogP) is 0.0108. The summed E-state index contributed by atoms with van der Waals surface area (Å²) in [6, 6.07) is 0.767. The maximum Gasteiger partial charge on any atom is 0.0688 e. The Labute approximate surface area is 59.8 Å². The lowest BCUT2D eigenvalue weighted by Crippen LogP contribution is -2.51. The molecule has 0 radical (unpaired) electrons. The number of nitrogens with one attached hydrogen (secondary N) is 2. The Bertz CT molecular complexity index is 95.2. The van der Waals surface area contributed by atoms with Gasteiger partial charge in [0.1, 0.15) is 0 Å². The molecule has 2 saturated heterocycles. The third kappa shape index (κ3) is 1.09. The zero-order valence-electron chi connectivity index (χ0n) is 5.39. The molecule has 0 aromatic rings. The first-order valence-corrected chi connectivity index (χ1v) is 4.60. The van der Waals surface area contributed by atoms with Crippen molar-refractivity contribution < 1.29 is 0 Å². The first-order chi connectivity index (χ1) is 4.47. The molecule has 2 rings (SSSR count). The van der Waals surface area contributed by atoms with Crippen LogP contribution in [-0.4, -0.2) is 30.3 Å². The lowest BCUT2D eigenvalue weighted by Gasteiger charge is -2.26. The Balaban J connectivity index is 1.97. The molecule has 0 aliphatic carbocycles. The molecule has 0 aromatic carbocycles. The van der Waals surface area contributed by atoms with Crippen LogP contribution in [0, 0.1) is 0 Å². The van der Waals surface area contributed by atoms with Crippen LogP contribution in [0.25, 0.3) is 0 Å². The molecule has 0 amide bonds. The molecule has 3 heteroatoms. The molecule has 0 aromatic heterocycles. The Morgan fingerprint density at radius 3 is 3.00 bits per heavy atom. The van der Waals surface area contributed by atoms with Crippen molar-refractivity contribution in [2.24, 2.45) is 0 Å². The number of hydrogen-bond acceptors (Lipinski definition) is 3. The highest BCUT2D eigenvalue weighted by molar-refractivity contribution is 8.00. The zero-order valence-corrected chi connectivity index (χ0v) is 6.21. The molecule has 9 heavy (non-hydrogen) atoms. The Hall–Kier alpha value is 0.270. The fraction of sp³-hybridized carbons (Fsp3) is 1.00. The largest absolute Gasteiger partial charge is 0.310 e. The van der Waals surface area contributed by atoms with Gasteiger partial charge >= 0.3 is 0 Å². The fourth-order valence-corrected chi connectivity index (χ4v) is 2.82. The molecular weight excluding hydrogens is 132 g/mol. The summed E-state index contributed by atoms with van der Waals surface area (Å²) in [4.78, 5) is 0.